The molecule has 2 rings (SSSR count). The first-order chi connectivity index (χ1) is 9.00. The Hall–Kier alpha value is -2.17. The molecule has 0 saturated heterocycles. The molecule has 0 unspecified atom stereocenters. The third-order valence-corrected chi connectivity index (χ3v) is 2.96. The van der Waals surface area contributed by atoms with Crippen molar-refractivity contribution in [1.82, 2.24) is 9.55 Å². The molecule has 1 N–H and O–H groups in total. The molecule has 19 heavy (non-hydrogen) atoms. The van der Waals surface area contributed by atoms with Crippen molar-refractivity contribution in [3.8, 4) is 0 Å². The molecule has 0 aliphatic heterocycles. The Labute approximate surface area is 110 Å². The standard InChI is InChI=1S/C14H16N2O3/c1-9(2)16-12(7-8-13(17)18)15-11-6-4-3-5-10(11)14(16)19/h3-6,9H,7-8H2,1-2H3,(H,17,18). The van der Waals surface area contributed by atoms with Crippen LogP contribution in [0.25, 0.3) is 10.9 Å². The van der Waals surface area contributed by atoms with Gasteiger partial charge in [-0.05, 0) is 26.0 Å². The number of aromatic nitrogens is 2. The molecule has 2 aromatic rings. The molecule has 0 spiro atoms. The van der Waals surface area contributed by atoms with Crippen LogP contribution in [-0.2, 0) is 11.2 Å². The first-order valence-electron chi connectivity index (χ1n) is 6.22. The van der Waals surface area contributed by atoms with Crippen molar-refractivity contribution in [3.63, 3.8) is 0 Å². The van der Waals surface area contributed by atoms with Crippen molar-refractivity contribution >= 4 is 16.9 Å². The molecule has 0 atom stereocenters. The Morgan fingerprint density at radius 1 is 1.37 bits per heavy atom. The topological polar surface area (TPSA) is 72.2 Å². The fraction of sp³-hybridized carbons (Fsp3) is 0.357. The van der Waals surface area contributed by atoms with Gasteiger partial charge < -0.3 is 5.11 Å². The van der Waals surface area contributed by atoms with Crippen LogP contribution in [0.4, 0.5) is 0 Å². The van der Waals surface area contributed by atoms with E-state index in [2.05, 4.69) is 4.98 Å². The first kappa shape index (κ1) is 13.3. The lowest BCUT2D eigenvalue weighted by molar-refractivity contribution is -0.137. The van der Waals surface area contributed by atoms with Gasteiger partial charge in [0.2, 0.25) is 0 Å². The number of rotatable bonds is 4. The third kappa shape index (κ3) is 2.65. The van der Waals surface area contributed by atoms with E-state index in [0.29, 0.717) is 16.7 Å². The van der Waals surface area contributed by atoms with Gasteiger partial charge in [0.25, 0.3) is 5.56 Å². The number of carboxylic acids is 1. The second-order valence-electron chi connectivity index (χ2n) is 4.71. The molecule has 0 bridgehead atoms. The molecule has 0 aliphatic rings. The van der Waals surface area contributed by atoms with Crippen molar-refractivity contribution in [1.29, 1.82) is 0 Å². The number of benzene rings is 1. The van der Waals surface area contributed by atoms with E-state index in [1.807, 2.05) is 19.9 Å². The van der Waals surface area contributed by atoms with Crippen LogP contribution in [0.3, 0.4) is 0 Å². The summed E-state index contributed by atoms with van der Waals surface area (Å²) in [6.07, 6.45) is 0.227. The van der Waals surface area contributed by atoms with Crippen LogP contribution in [-0.4, -0.2) is 20.6 Å². The van der Waals surface area contributed by atoms with E-state index in [1.54, 1.807) is 22.8 Å². The van der Waals surface area contributed by atoms with Gasteiger partial charge in [0.05, 0.1) is 17.3 Å². The van der Waals surface area contributed by atoms with Crippen LogP contribution in [0.5, 0.6) is 0 Å². The highest BCUT2D eigenvalue weighted by molar-refractivity contribution is 5.77. The number of nitrogens with zero attached hydrogens (tertiary/aromatic N) is 2. The van der Waals surface area contributed by atoms with Gasteiger partial charge in [-0.15, -0.1) is 0 Å². The van der Waals surface area contributed by atoms with Gasteiger partial charge in [0.1, 0.15) is 5.82 Å². The molecule has 5 nitrogen and oxygen atoms in total. The summed E-state index contributed by atoms with van der Waals surface area (Å²) < 4.78 is 1.57. The predicted octanol–water partition coefficient (Wildman–Crippen LogP) is 1.99. The summed E-state index contributed by atoms with van der Waals surface area (Å²) in [4.78, 5) is 27.5. The van der Waals surface area contributed by atoms with E-state index >= 15 is 0 Å². The first-order valence-corrected chi connectivity index (χ1v) is 6.22. The van der Waals surface area contributed by atoms with Crippen molar-refractivity contribution in [2.45, 2.75) is 32.7 Å². The molecule has 100 valence electrons. The molecular weight excluding hydrogens is 244 g/mol. The molecule has 1 aromatic heterocycles. The molecule has 0 aliphatic carbocycles. The van der Waals surface area contributed by atoms with Crippen molar-refractivity contribution in [3.05, 3.63) is 40.4 Å². The van der Waals surface area contributed by atoms with Crippen LogP contribution in [0.1, 0.15) is 32.1 Å². The zero-order chi connectivity index (χ0) is 14.0. The number of carbonyl (C=O) groups is 1. The maximum atomic E-state index is 12.4. The number of aryl methyl sites for hydroxylation is 1. The Bertz CT molecular complexity index is 674. The van der Waals surface area contributed by atoms with Gasteiger partial charge in [0.15, 0.2) is 0 Å². The number of hydrogen-bond acceptors (Lipinski definition) is 3. The van der Waals surface area contributed by atoms with Gasteiger partial charge in [-0.3, -0.25) is 14.2 Å². The largest absolute Gasteiger partial charge is 0.481 e. The summed E-state index contributed by atoms with van der Waals surface area (Å²) in [5.74, 6) is -0.362. The molecule has 0 fully saturated rings. The molecule has 1 heterocycles. The van der Waals surface area contributed by atoms with Crippen LogP contribution < -0.4 is 5.56 Å². The zero-order valence-corrected chi connectivity index (χ0v) is 11.0. The number of hydrogen-bond donors (Lipinski definition) is 1. The van der Waals surface area contributed by atoms with Crippen LogP contribution >= 0.6 is 0 Å². The Morgan fingerprint density at radius 2 is 2.05 bits per heavy atom. The van der Waals surface area contributed by atoms with Crippen LogP contribution in [0.2, 0.25) is 0 Å². The Kier molecular flexibility index (Phi) is 3.64. The highest BCUT2D eigenvalue weighted by Gasteiger charge is 2.13. The molecule has 0 radical (unpaired) electrons. The van der Waals surface area contributed by atoms with E-state index < -0.39 is 5.97 Å². The van der Waals surface area contributed by atoms with Crippen molar-refractivity contribution in [2.24, 2.45) is 0 Å². The minimum atomic E-state index is -0.891. The lowest BCUT2D eigenvalue weighted by Crippen LogP contribution is -2.27. The number of aliphatic carboxylic acids is 1. The van der Waals surface area contributed by atoms with E-state index in [1.165, 1.54) is 0 Å². The average Bonchev–Trinajstić information content (AvgIpc) is 2.36. The average molecular weight is 260 g/mol. The highest BCUT2D eigenvalue weighted by atomic mass is 16.4. The van der Waals surface area contributed by atoms with Crippen molar-refractivity contribution < 1.29 is 9.90 Å². The van der Waals surface area contributed by atoms with Gasteiger partial charge in [-0.25, -0.2) is 4.98 Å². The summed E-state index contributed by atoms with van der Waals surface area (Å²) in [5.41, 5.74) is 0.505. The lowest BCUT2D eigenvalue weighted by atomic mass is 10.2. The number of para-hydroxylation sites is 1. The van der Waals surface area contributed by atoms with Crippen LogP contribution in [0, 0.1) is 0 Å². The zero-order valence-electron chi connectivity index (χ0n) is 11.0. The summed E-state index contributed by atoms with van der Waals surface area (Å²) in [7, 11) is 0. The summed E-state index contributed by atoms with van der Waals surface area (Å²) in [6.45, 7) is 3.78. The molecule has 0 amide bonds. The monoisotopic (exact) mass is 260 g/mol. The highest BCUT2D eigenvalue weighted by Crippen LogP contribution is 2.13. The predicted molar refractivity (Wildman–Crippen MR) is 72.3 cm³/mol. The smallest absolute Gasteiger partial charge is 0.303 e. The van der Waals surface area contributed by atoms with E-state index in [0.717, 1.165) is 0 Å². The van der Waals surface area contributed by atoms with E-state index in [9.17, 15) is 9.59 Å². The Balaban J connectivity index is 2.63. The minimum absolute atomic E-state index is 0.0303. The maximum absolute atomic E-state index is 12.4. The summed E-state index contributed by atoms with van der Waals surface area (Å²) in [6, 6.07) is 7.08. The van der Waals surface area contributed by atoms with Gasteiger partial charge in [-0.1, -0.05) is 12.1 Å². The SMILES string of the molecule is CC(C)n1c(CCC(=O)O)nc2ccccc2c1=O. The van der Waals surface area contributed by atoms with Gasteiger partial charge >= 0.3 is 5.97 Å². The fourth-order valence-electron chi connectivity index (χ4n) is 2.12. The molecular formula is C14H16N2O3. The maximum Gasteiger partial charge on any atom is 0.303 e. The quantitative estimate of drug-likeness (QED) is 0.912. The van der Waals surface area contributed by atoms with E-state index in [-0.39, 0.29) is 24.4 Å². The summed E-state index contributed by atoms with van der Waals surface area (Å²) >= 11 is 0. The third-order valence-electron chi connectivity index (χ3n) is 2.96. The van der Waals surface area contributed by atoms with Gasteiger partial charge in [-0.2, -0.15) is 0 Å². The fourth-order valence-corrected chi connectivity index (χ4v) is 2.12. The molecule has 5 heteroatoms. The van der Waals surface area contributed by atoms with E-state index in [4.69, 9.17) is 5.11 Å². The van der Waals surface area contributed by atoms with Gasteiger partial charge in [0, 0.05) is 12.5 Å². The Morgan fingerprint density at radius 3 is 2.68 bits per heavy atom. The number of carboxylic acid groups (broad SMARTS) is 1. The normalized spacial score (nSPS) is 11.1. The molecule has 1 aromatic carbocycles. The van der Waals surface area contributed by atoms with Crippen molar-refractivity contribution in [2.75, 3.05) is 0 Å². The second kappa shape index (κ2) is 5.22. The minimum Gasteiger partial charge on any atom is -0.481 e. The second-order valence-corrected chi connectivity index (χ2v) is 4.71. The lowest BCUT2D eigenvalue weighted by Gasteiger charge is -2.16. The number of fused-ring (bicyclic) bond motifs is 1. The van der Waals surface area contributed by atoms with Crippen LogP contribution in [0.15, 0.2) is 29.1 Å². The summed E-state index contributed by atoms with van der Waals surface area (Å²) in [5, 5.41) is 9.34. The molecule has 0 saturated carbocycles.